The molecule has 96 valence electrons. The van der Waals surface area contributed by atoms with Gasteiger partial charge in [-0.2, -0.15) is 0 Å². The Balaban J connectivity index is 1.96. The molecule has 0 saturated heterocycles. The normalized spacial score (nSPS) is 23.2. The van der Waals surface area contributed by atoms with E-state index in [0.29, 0.717) is 12.1 Å². The van der Waals surface area contributed by atoms with Gasteiger partial charge in [0, 0.05) is 35.2 Å². The molecule has 1 aromatic heterocycles. The van der Waals surface area contributed by atoms with Crippen LogP contribution in [-0.2, 0) is 6.42 Å². The molecule has 1 aliphatic rings. The summed E-state index contributed by atoms with van der Waals surface area (Å²) < 4.78 is 0. The van der Waals surface area contributed by atoms with Crippen molar-refractivity contribution in [2.45, 2.75) is 25.4 Å². The number of hydrogen-bond donors (Lipinski definition) is 4. The van der Waals surface area contributed by atoms with Crippen LogP contribution in [-0.4, -0.2) is 24.6 Å². The largest absolute Gasteiger partial charge is 0.357 e. The molecule has 18 heavy (non-hydrogen) atoms. The van der Waals surface area contributed by atoms with Crippen molar-refractivity contribution in [3.63, 3.8) is 0 Å². The molecule has 1 aromatic carbocycles. The highest BCUT2D eigenvalue weighted by molar-refractivity contribution is 5.85. The van der Waals surface area contributed by atoms with Crippen molar-refractivity contribution >= 4 is 10.9 Å². The van der Waals surface area contributed by atoms with Gasteiger partial charge in [-0.25, -0.2) is 0 Å². The first-order valence-electron chi connectivity index (χ1n) is 6.54. The Kier molecular flexibility index (Phi) is 3.07. The molecule has 2 aromatic rings. The summed E-state index contributed by atoms with van der Waals surface area (Å²) in [6.45, 7) is 3.15. The predicted molar refractivity (Wildman–Crippen MR) is 74.4 cm³/mol. The van der Waals surface area contributed by atoms with E-state index in [1.165, 1.54) is 22.2 Å². The molecule has 2 heterocycles. The number of nitrogens with one attached hydrogen (secondary N) is 4. The number of rotatable bonds is 3. The number of para-hydroxylation sites is 1. The average molecular weight is 244 g/mol. The van der Waals surface area contributed by atoms with E-state index in [1.807, 2.05) is 7.05 Å². The summed E-state index contributed by atoms with van der Waals surface area (Å²) in [5.41, 5.74) is 10.2. The summed E-state index contributed by atoms with van der Waals surface area (Å²) in [5, 5.41) is 5.01. The molecular formula is C14H20N4. The van der Waals surface area contributed by atoms with E-state index in [2.05, 4.69) is 52.3 Å². The lowest BCUT2D eigenvalue weighted by Crippen LogP contribution is -2.47. The van der Waals surface area contributed by atoms with Gasteiger partial charge in [-0.05, 0) is 32.0 Å². The first-order chi connectivity index (χ1) is 8.79. The van der Waals surface area contributed by atoms with Crippen LogP contribution in [0, 0.1) is 0 Å². The zero-order chi connectivity index (χ0) is 12.5. The summed E-state index contributed by atoms with van der Waals surface area (Å²) in [4.78, 5) is 3.54. The van der Waals surface area contributed by atoms with Gasteiger partial charge < -0.3 is 10.3 Å². The third kappa shape index (κ3) is 1.92. The topological polar surface area (TPSA) is 51.9 Å². The fraction of sp³-hybridized carbons (Fsp3) is 0.429. The van der Waals surface area contributed by atoms with Gasteiger partial charge in [0.2, 0.25) is 0 Å². The molecule has 2 atom stereocenters. The number of fused-ring (bicyclic) bond motifs is 3. The van der Waals surface area contributed by atoms with Crippen LogP contribution in [0.2, 0.25) is 0 Å². The molecule has 4 heteroatoms. The molecule has 0 amide bonds. The van der Waals surface area contributed by atoms with Crippen LogP contribution in [0.25, 0.3) is 10.9 Å². The van der Waals surface area contributed by atoms with Gasteiger partial charge in [-0.3, -0.25) is 10.9 Å². The predicted octanol–water partition coefficient (Wildman–Crippen LogP) is 1.47. The minimum Gasteiger partial charge on any atom is -0.357 e. The number of H-pyrrole nitrogens is 1. The lowest BCUT2D eigenvalue weighted by Gasteiger charge is -2.29. The molecule has 4 nitrogen and oxygen atoms in total. The number of benzene rings is 1. The van der Waals surface area contributed by atoms with Crippen LogP contribution >= 0.6 is 0 Å². The van der Waals surface area contributed by atoms with E-state index in [4.69, 9.17) is 0 Å². The van der Waals surface area contributed by atoms with Crippen LogP contribution < -0.4 is 16.2 Å². The first kappa shape index (κ1) is 11.7. The first-order valence-corrected chi connectivity index (χ1v) is 6.54. The summed E-state index contributed by atoms with van der Waals surface area (Å²) in [6.07, 6.45) is 1.07. The van der Waals surface area contributed by atoms with E-state index in [0.717, 1.165) is 13.0 Å². The van der Waals surface area contributed by atoms with Gasteiger partial charge in [0.05, 0.1) is 0 Å². The number of hydrazine groups is 1. The Morgan fingerprint density at radius 2 is 2.17 bits per heavy atom. The Morgan fingerprint density at radius 1 is 1.33 bits per heavy atom. The highest BCUT2D eigenvalue weighted by atomic mass is 15.3. The Bertz CT molecular complexity index is 546. The Morgan fingerprint density at radius 3 is 3.00 bits per heavy atom. The maximum absolute atomic E-state index is 3.63. The molecule has 1 unspecified atom stereocenters. The summed E-state index contributed by atoms with van der Waals surface area (Å²) in [5.74, 6) is 0. The van der Waals surface area contributed by atoms with Gasteiger partial charge in [0.15, 0.2) is 0 Å². The van der Waals surface area contributed by atoms with E-state index in [-0.39, 0.29) is 0 Å². The Labute approximate surface area is 107 Å². The lowest BCUT2D eigenvalue weighted by atomic mass is 9.95. The second-order valence-corrected chi connectivity index (χ2v) is 4.98. The average Bonchev–Trinajstić information content (AvgIpc) is 2.76. The van der Waals surface area contributed by atoms with Crippen molar-refractivity contribution in [3.05, 3.63) is 35.5 Å². The van der Waals surface area contributed by atoms with Crippen molar-refractivity contribution in [3.8, 4) is 0 Å². The number of hydrogen-bond acceptors (Lipinski definition) is 3. The third-order valence-electron chi connectivity index (χ3n) is 3.74. The lowest BCUT2D eigenvalue weighted by molar-refractivity contribution is 0.385. The maximum atomic E-state index is 3.63. The van der Waals surface area contributed by atoms with E-state index >= 15 is 0 Å². The SMILES string of the molecule is CNNCC1Cc2c([nH]c3ccccc23)[C@H](C)N1. The molecule has 0 saturated carbocycles. The minimum atomic E-state index is 0.379. The number of aromatic amines is 1. The second-order valence-electron chi connectivity index (χ2n) is 4.98. The molecule has 3 rings (SSSR count). The fourth-order valence-corrected chi connectivity index (χ4v) is 2.91. The van der Waals surface area contributed by atoms with Crippen LogP contribution in [0.1, 0.15) is 24.2 Å². The monoisotopic (exact) mass is 244 g/mol. The van der Waals surface area contributed by atoms with Crippen LogP contribution in [0.3, 0.4) is 0 Å². The zero-order valence-electron chi connectivity index (χ0n) is 10.9. The molecule has 0 radical (unpaired) electrons. The smallest absolute Gasteiger partial charge is 0.0459 e. The molecule has 4 N–H and O–H groups in total. The summed E-state index contributed by atoms with van der Waals surface area (Å²) in [7, 11) is 1.91. The second kappa shape index (κ2) is 4.72. The molecule has 0 spiro atoms. The van der Waals surface area contributed by atoms with Gasteiger partial charge in [0.25, 0.3) is 0 Å². The van der Waals surface area contributed by atoms with Crippen molar-refractivity contribution in [1.29, 1.82) is 0 Å². The van der Waals surface area contributed by atoms with Gasteiger partial charge in [0.1, 0.15) is 0 Å². The van der Waals surface area contributed by atoms with Crippen LogP contribution in [0.5, 0.6) is 0 Å². The quantitative estimate of drug-likeness (QED) is 0.618. The summed E-state index contributed by atoms with van der Waals surface area (Å²) in [6, 6.07) is 9.42. The van der Waals surface area contributed by atoms with Gasteiger partial charge in [-0.15, -0.1) is 0 Å². The van der Waals surface area contributed by atoms with E-state index < -0.39 is 0 Å². The molecular weight excluding hydrogens is 224 g/mol. The molecule has 1 aliphatic heterocycles. The van der Waals surface area contributed by atoms with Crippen molar-refractivity contribution in [2.75, 3.05) is 13.6 Å². The van der Waals surface area contributed by atoms with Gasteiger partial charge in [-0.1, -0.05) is 18.2 Å². The van der Waals surface area contributed by atoms with Crippen molar-refractivity contribution in [2.24, 2.45) is 0 Å². The fourth-order valence-electron chi connectivity index (χ4n) is 2.91. The maximum Gasteiger partial charge on any atom is 0.0459 e. The van der Waals surface area contributed by atoms with Crippen LogP contribution in [0.4, 0.5) is 0 Å². The molecule has 0 aliphatic carbocycles. The Hall–Kier alpha value is -1.36. The van der Waals surface area contributed by atoms with Crippen molar-refractivity contribution in [1.82, 2.24) is 21.2 Å². The summed E-state index contributed by atoms with van der Waals surface area (Å²) >= 11 is 0. The van der Waals surface area contributed by atoms with Crippen LogP contribution in [0.15, 0.2) is 24.3 Å². The zero-order valence-corrected chi connectivity index (χ0v) is 10.9. The van der Waals surface area contributed by atoms with Crippen molar-refractivity contribution < 1.29 is 0 Å². The molecule has 0 bridgehead atoms. The third-order valence-corrected chi connectivity index (χ3v) is 3.74. The highest BCUT2D eigenvalue weighted by Crippen LogP contribution is 2.31. The van der Waals surface area contributed by atoms with Gasteiger partial charge >= 0.3 is 0 Å². The highest BCUT2D eigenvalue weighted by Gasteiger charge is 2.26. The number of aromatic nitrogens is 1. The van der Waals surface area contributed by atoms with E-state index in [1.54, 1.807) is 0 Å². The van der Waals surface area contributed by atoms with E-state index in [9.17, 15) is 0 Å². The minimum absolute atomic E-state index is 0.379. The standard InChI is InChI=1S/C14H20N4/c1-9-14-12(7-10(17-9)8-16-15-2)11-5-3-4-6-13(11)18-14/h3-6,9-10,15-18H,7-8H2,1-2H3/t9-,10?/m0/s1. The molecule has 0 fully saturated rings.